The first kappa shape index (κ1) is 15.8. The highest BCUT2D eigenvalue weighted by Gasteiger charge is 2.25. The summed E-state index contributed by atoms with van der Waals surface area (Å²) in [6.07, 6.45) is 0.302. The largest absolute Gasteiger partial charge is 0.337 e. The lowest BCUT2D eigenvalue weighted by atomic mass is 10.3. The molecule has 0 saturated heterocycles. The Morgan fingerprint density at radius 2 is 1.81 bits per heavy atom. The first-order chi connectivity index (χ1) is 7.41. The maximum atomic E-state index is 9.83. The van der Waals surface area contributed by atoms with E-state index in [4.69, 9.17) is 9.79 Å². The fourth-order valence-electron chi connectivity index (χ4n) is 1.61. The van der Waals surface area contributed by atoms with E-state index in [0.29, 0.717) is 18.5 Å². The third-order valence-electron chi connectivity index (χ3n) is 2.06. The first-order valence-corrected chi connectivity index (χ1v) is 6.59. The van der Waals surface area contributed by atoms with Gasteiger partial charge >= 0.3 is 0 Å². The highest BCUT2D eigenvalue weighted by Crippen LogP contribution is 2.37. The van der Waals surface area contributed by atoms with E-state index in [1.807, 2.05) is 6.07 Å². The van der Waals surface area contributed by atoms with Crippen LogP contribution in [0.2, 0.25) is 0 Å². The van der Waals surface area contributed by atoms with Crippen LogP contribution in [0, 0.1) is 11.3 Å². The Morgan fingerprint density at radius 1 is 1.31 bits per heavy atom. The average Bonchev–Trinajstić information content (AvgIpc) is 2.16. The summed E-state index contributed by atoms with van der Waals surface area (Å²) in [5.74, 6) is 0. The summed E-state index contributed by atoms with van der Waals surface area (Å²) in [7, 11) is 0.154. The molecule has 0 aromatic rings. The minimum Gasteiger partial charge on any atom is -0.337 e. The maximum absolute atomic E-state index is 9.83. The van der Waals surface area contributed by atoms with Gasteiger partial charge in [-0.3, -0.25) is 0 Å². The molecule has 1 unspecified atom stereocenters. The van der Waals surface area contributed by atoms with Crippen molar-refractivity contribution in [2.24, 2.45) is 0 Å². The number of rotatable bonds is 7. The Kier molecular flexibility index (Phi) is 7.82. The van der Waals surface area contributed by atoms with Gasteiger partial charge in [-0.2, -0.15) is 10.0 Å². The smallest absolute Gasteiger partial charge is 0.270 e. The van der Waals surface area contributed by atoms with E-state index in [0.717, 1.165) is 0 Å². The molecule has 1 atom stereocenters. The summed E-state index contributed by atoms with van der Waals surface area (Å²) in [6.45, 7) is 8.53. The molecule has 0 aromatic heterocycles. The van der Waals surface area contributed by atoms with Gasteiger partial charge in [-0.15, -0.1) is 0 Å². The molecule has 0 aliphatic carbocycles. The zero-order valence-electron chi connectivity index (χ0n) is 10.7. The highest BCUT2D eigenvalue weighted by molar-refractivity contribution is 7.43. The minimum atomic E-state index is -1.65. The van der Waals surface area contributed by atoms with Crippen LogP contribution < -0.4 is 0 Å². The van der Waals surface area contributed by atoms with Crippen molar-refractivity contribution < 1.29 is 9.42 Å². The van der Waals surface area contributed by atoms with Gasteiger partial charge in [0.25, 0.3) is 8.53 Å². The van der Waals surface area contributed by atoms with Crippen molar-refractivity contribution in [3.63, 3.8) is 0 Å². The van der Waals surface area contributed by atoms with Gasteiger partial charge in [0.15, 0.2) is 0 Å². The van der Waals surface area contributed by atoms with E-state index < -0.39 is 8.53 Å². The number of hydrogen-bond acceptors (Lipinski definition) is 5. The zero-order valence-corrected chi connectivity index (χ0v) is 11.6. The van der Waals surface area contributed by atoms with Crippen LogP contribution in [0.3, 0.4) is 0 Å². The SMILES string of the molecule is CC(C)N(C(C)C)N(C)P(O)OCCC#N. The second kappa shape index (κ2) is 7.94. The van der Waals surface area contributed by atoms with Crippen molar-refractivity contribution in [3.05, 3.63) is 0 Å². The van der Waals surface area contributed by atoms with Crippen LogP contribution in [0.4, 0.5) is 0 Å². The molecule has 0 spiro atoms. The molecule has 0 aromatic carbocycles. The fourth-order valence-corrected chi connectivity index (χ4v) is 2.62. The average molecular weight is 247 g/mol. The normalized spacial score (nSPS) is 13.8. The van der Waals surface area contributed by atoms with Crippen LogP contribution in [-0.4, -0.2) is 40.4 Å². The van der Waals surface area contributed by atoms with Crippen molar-refractivity contribution >= 4 is 8.53 Å². The molecule has 0 saturated carbocycles. The molecule has 0 aliphatic heterocycles. The fraction of sp³-hybridized carbons (Fsp3) is 0.900. The van der Waals surface area contributed by atoms with E-state index in [1.165, 1.54) is 0 Å². The molecule has 94 valence electrons. The Labute approximate surface area is 99.5 Å². The standard InChI is InChI=1S/C10H22N3O2P/c1-9(2)13(10(3)4)12(5)16(14)15-8-6-7-11/h9-10,14H,6,8H2,1-5H3. The van der Waals surface area contributed by atoms with Crippen molar-refractivity contribution in [1.29, 1.82) is 5.26 Å². The van der Waals surface area contributed by atoms with Crippen molar-refractivity contribution in [3.8, 4) is 6.07 Å². The maximum Gasteiger partial charge on any atom is 0.270 e. The zero-order chi connectivity index (χ0) is 12.7. The van der Waals surface area contributed by atoms with Gasteiger partial charge in [0, 0.05) is 19.1 Å². The molecule has 0 rings (SSSR count). The summed E-state index contributed by atoms with van der Waals surface area (Å²) >= 11 is 0. The van der Waals surface area contributed by atoms with Crippen LogP contribution in [0.15, 0.2) is 0 Å². The van der Waals surface area contributed by atoms with Crippen LogP contribution >= 0.6 is 8.53 Å². The van der Waals surface area contributed by atoms with Crippen LogP contribution in [-0.2, 0) is 4.52 Å². The van der Waals surface area contributed by atoms with Gasteiger partial charge in [0.2, 0.25) is 0 Å². The molecule has 0 amide bonds. The summed E-state index contributed by atoms with van der Waals surface area (Å²) < 4.78 is 6.93. The summed E-state index contributed by atoms with van der Waals surface area (Å²) in [6, 6.07) is 2.57. The molecule has 0 aliphatic rings. The van der Waals surface area contributed by atoms with Crippen molar-refractivity contribution in [2.75, 3.05) is 13.7 Å². The molecule has 6 heteroatoms. The Bertz CT molecular complexity index is 223. The Hall–Kier alpha value is -0.240. The topological polar surface area (TPSA) is 59.7 Å². The van der Waals surface area contributed by atoms with Crippen LogP contribution in [0.25, 0.3) is 0 Å². The number of nitrogens with zero attached hydrogens (tertiary/aromatic N) is 3. The van der Waals surface area contributed by atoms with E-state index in [2.05, 4.69) is 32.7 Å². The second-order valence-corrected chi connectivity index (χ2v) is 5.39. The lowest BCUT2D eigenvalue weighted by Gasteiger charge is -2.39. The molecule has 16 heavy (non-hydrogen) atoms. The van der Waals surface area contributed by atoms with Crippen molar-refractivity contribution in [2.45, 2.75) is 46.2 Å². The van der Waals surface area contributed by atoms with E-state index >= 15 is 0 Å². The Balaban J connectivity index is 4.27. The van der Waals surface area contributed by atoms with Crippen LogP contribution in [0.1, 0.15) is 34.1 Å². The van der Waals surface area contributed by atoms with Gasteiger partial charge in [-0.25, -0.2) is 5.01 Å². The lowest BCUT2D eigenvalue weighted by molar-refractivity contribution is -0.000875. The minimum absolute atomic E-state index is 0.271. The molecule has 0 fully saturated rings. The second-order valence-electron chi connectivity index (χ2n) is 4.05. The van der Waals surface area contributed by atoms with E-state index in [9.17, 15) is 4.89 Å². The summed E-state index contributed by atoms with van der Waals surface area (Å²) in [5, 5.41) is 10.4. The van der Waals surface area contributed by atoms with Gasteiger partial charge in [-0.05, 0) is 27.7 Å². The van der Waals surface area contributed by atoms with Gasteiger partial charge < -0.3 is 9.42 Å². The van der Waals surface area contributed by atoms with Crippen molar-refractivity contribution in [1.82, 2.24) is 9.79 Å². The molecule has 0 heterocycles. The molecule has 5 nitrogen and oxygen atoms in total. The lowest BCUT2D eigenvalue weighted by Crippen LogP contribution is -2.46. The third-order valence-corrected chi connectivity index (χ3v) is 3.18. The monoisotopic (exact) mass is 247 g/mol. The predicted molar refractivity (Wildman–Crippen MR) is 65.2 cm³/mol. The molecular formula is C10H22N3O2P. The quantitative estimate of drug-likeness (QED) is 0.424. The first-order valence-electron chi connectivity index (χ1n) is 5.42. The third kappa shape index (κ3) is 5.20. The summed E-state index contributed by atoms with van der Waals surface area (Å²) in [4.78, 5) is 9.83. The molecule has 1 N–H and O–H groups in total. The van der Waals surface area contributed by atoms with Gasteiger partial charge in [-0.1, -0.05) is 0 Å². The number of nitriles is 1. The van der Waals surface area contributed by atoms with Gasteiger partial charge in [0.05, 0.1) is 19.1 Å². The molecular weight excluding hydrogens is 225 g/mol. The van der Waals surface area contributed by atoms with Gasteiger partial charge in [0.1, 0.15) is 0 Å². The molecule has 0 radical (unpaired) electrons. The van der Waals surface area contributed by atoms with E-state index in [-0.39, 0.29) is 6.61 Å². The number of hydrazine groups is 1. The van der Waals surface area contributed by atoms with E-state index in [1.54, 1.807) is 11.8 Å². The number of hydrogen-bond donors (Lipinski definition) is 1. The highest BCUT2D eigenvalue weighted by atomic mass is 31.2. The molecule has 0 bridgehead atoms. The Morgan fingerprint density at radius 3 is 2.19 bits per heavy atom. The van der Waals surface area contributed by atoms with Crippen LogP contribution in [0.5, 0.6) is 0 Å². The predicted octanol–water partition coefficient (Wildman–Crippen LogP) is 2.10. The summed E-state index contributed by atoms with van der Waals surface area (Å²) in [5.41, 5.74) is 0.